The molecule has 0 saturated heterocycles. The fourth-order valence-electron chi connectivity index (χ4n) is 8.11. The van der Waals surface area contributed by atoms with E-state index in [1.165, 1.54) is 25.7 Å². The fraction of sp³-hybridized carbons (Fsp3) is 0.846. The Morgan fingerprint density at radius 3 is 2.55 bits per heavy atom. The molecule has 7 atom stereocenters. The molecule has 4 aliphatic carbocycles. The van der Waals surface area contributed by atoms with Crippen molar-refractivity contribution in [2.75, 3.05) is 0 Å². The van der Waals surface area contributed by atoms with Crippen LogP contribution in [0, 0.1) is 40.4 Å². The Labute approximate surface area is 176 Å². The van der Waals surface area contributed by atoms with E-state index in [1.54, 1.807) is 0 Å². The molecular formula is C26H40O3. The maximum atomic E-state index is 13.2. The summed E-state index contributed by atoms with van der Waals surface area (Å²) < 4.78 is 0. The van der Waals surface area contributed by atoms with E-state index in [9.17, 15) is 14.7 Å². The molecule has 0 amide bonds. The number of hydrogen-bond donors (Lipinski definition) is 1. The van der Waals surface area contributed by atoms with Crippen molar-refractivity contribution in [2.45, 2.75) is 98.3 Å². The number of Topliss-reactive ketones (excluding diaryl/α,β-unsaturated/α-hetero) is 2. The molecule has 0 aromatic heterocycles. The second-order valence-corrected chi connectivity index (χ2v) is 11.2. The first-order valence-electron chi connectivity index (χ1n) is 12.2. The second kappa shape index (κ2) is 7.54. The van der Waals surface area contributed by atoms with Gasteiger partial charge in [-0.15, -0.1) is 0 Å². The van der Waals surface area contributed by atoms with Crippen molar-refractivity contribution >= 4 is 11.6 Å². The fourth-order valence-corrected chi connectivity index (χ4v) is 8.11. The van der Waals surface area contributed by atoms with Gasteiger partial charge in [-0.05, 0) is 72.7 Å². The van der Waals surface area contributed by atoms with Crippen LogP contribution in [0.3, 0.4) is 0 Å². The van der Waals surface area contributed by atoms with Crippen molar-refractivity contribution in [1.82, 2.24) is 0 Å². The van der Waals surface area contributed by atoms with Gasteiger partial charge in [0.1, 0.15) is 5.78 Å². The number of aliphatic hydroxyl groups is 1. The van der Waals surface area contributed by atoms with Crippen molar-refractivity contribution in [3.05, 3.63) is 11.3 Å². The minimum Gasteiger partial charge on any atom is -0.504 e. The third-order valence-electron chi connectivity index (χ3n) is 9.86. The molecule has 1 unspecified atom stereocenters. The highest BCUT2D eigenvalue weighted by molar-refractivity contribution is 5.95. The van der Waals surface area contributed by atoms with E-state index in [1.807, 2.05) is 0 Å². The topological polar surface area (TPSA) is 54.4 Å². The van der Waals surface area contributed by atoms with Gasteiger partial charge in [0, 0.05) is 18.3 Å². The minimum atomic E-state index is -0.144. The predicted molar refractivity (Wildman–Crippen MR) is 115 cm³/mol. The summed E-state index contributed by atoms with van der Waals surface area (Å²) in [6.07, 6.45) is 11.1. The lowest BCUT2D eigenvalue weighted by Gasteiger charge is -2.58. The van der Waals surface area contributed by atoms with Gasteiger partial charge in [-0.3, -0.25) is 9.59 Å². The summed E-state index contributed by atoms with van der Waals surface area (Å²) in [5.74, 6) is 3.23. The monoisotopic (exact) mass is 400 g/mol. The van der Waals surface area contributed by atoms with Crippen molar-refractivity contribution < 1.29 is 14.7 Å². The second-order valence-electron chi connectivity index (χ2n) is 11.2. The van der Waals surface area contributed by atoms with Gasteiger partial charge in [-0.1, -0.05) is 53.4 Å². The Kier molecular flexibility index (Phi) is 5.49. The molecule has 3 heteroatoms. The van der Waals surface area contributed by atoms with E-state index in [-0.39, 0.29) is 22.4 Å². The molecule has 29 heavy (non-hydrogen) atoms. The van der Waals surface area contributed by atoms with Crippen LogP contribution in [0.4, 0.5) is 0 Å². The van der Waals surface area contributed by atoms with Crippen LogP contribution in [-0.4, -0.2) is 16.7 Å². The Hall–Kier alpha value is -1.12. The third kappa shape index (κ3) is 3.13. The molecule has 0 heterocycles. The Morgan fingerprint density at radius 1 is 1.07 bits per heavy atom. The van der Waals surface area contributed by atoms with Crippen LogP contribution in [-0.2, 0) is 9.59 Å². The molecule has 4 aliphatic rings. The number of aliphatic hydroxyl groups excluding tert-OH is 1. The highest BCUT2D eigenvalue weighted by atomic mass is 16.3. The van der Waals surface area contributed by atoms with Crippen LogP contribution in [0.5, 0.6) is 0 Å². The number of carbonyl (C=O) groups is 2. The van der Waals surface area contributed by atoms with Crippen LogP contribution in [0.25, 0.3) is 0 Å². The zero-order valence-electron chi connectivity index (χ0n) is 18.9. The first-order chi connectivity index (χ1) is 13.7. The van der Waals surface area contributed by atoms with Gasteiger partial charge >= 0.3 is 0 Å². The van der Waals surface area contributed by atoms with Gasteiger partial charge in [0.2, 0.25) is 0 Å². The van der Waals surface area contributed by atoms with Gasteiger partial charge in [0.15, 0.2) is 11.5 Å². The Morgan fingerprint density at radius 2 is 1.83 bits per heavy atom. The lowest BCUT2D eigenvalue weighted by atomic mass is 9.46. The number of hydrogen-bond acceptors (Lipinski definition) is 3. The molecule has 0 aromatic carbocycles. The van der Waals surface area contributed by atoms with Crippen LogP contribution in [0.15, 0.2) is 11.3 Å². The normalized spacial score (nSPS) is 43.0. The number of rotatable bonds is 5. The molecule has 0 aliphatic heterocycles. The Balaban J connectivity index is 1.65. The molecule has 4 rings (SSSR count). The summed E-state index contributed by atoms with van der Waals surface area (Å²) in [5, 5.41) is 10.5. The van der Waals surface area contributed by atoms with E-state index in [4.69, 9.17) is 0 Å². The quantitative estimate of drug-likeness (QED) is 0.542. The summed E-state index contributed by atoms with van der Waals surface area (Å²) in [7, 11) is 0. The van der Waals surface area contributed by atoms with Crippen LogP contribution >= 0.6 is 0 Å². The van der Waals surface area contributed by atoms with Crippen LogP contribution in [0.2, 0.25) is 0 Å². The number of unbranched alkanes of at least 4 members (excludes halogenated alkanes) is 2. The number of fused-ring (bicyclic) bond motifs is 5. The first-order valence-corrected chi connectivity index (χ1v) is 12.2. The number of ketones is 2. The molecular weight excluding hydrogens is 360 g/mol. The van der Waals surface area contributed by atoms with Crippen molar-refractivity contribution in [3.8, 4) is 0 Å². The summed E-state index contributed by atoms with van der Waals surface area (Å²) in [6, 6.07) is 0. The van der Waals surface area contributed by atoms with Gasteiger partial charge in [-0.2, -0.15) is 0 Å². The van der Waals surface area contributed by atoms with E-state index in [0.717, 1.165) is 44.1 Å². The highest BCUT2D eigenvalue weighted by Crippen LogP contribution is 2.66. The molecule has 0 aromatic rings. The van der Waals surface area contributed by atoms with Crippen LogP contribution < -0.4 is 0 Å². The van der Waals surface area contributed by atoms with Gasteiger partial charge < -0.3 is 5.11 Å². The van der Waals surface area contributed by atoms with Gasteiger partial charge in [0.05, 0.1) is 0 Å². The van der Waals surface area contributed by atoms with Gasteiger partial charge in [-0.25, -0.2) is 0 Å². The average Bonchev–Trinajstić information content (AvgIpc) is 2.96. The molecule has 1 N–H and O–H groups in total. The molecule has 3 nitrogen and oxygen atoms in total. The smallest absolute Gasteiger partial charge is 0.197 e. The van der Waals surface area contributed by atoms with Crippen molar-refractivity contribution in [3.63, 3.8) is 0 Å². The van der Waals surface area contributed by atoms with E-state index >= 15 is 0 Å². The average molecular weight is 401 g/mol. The maximum absolute atomic E-state index is 13.2. The van der Waals surface area contributed by atoms with Crippen molar-refractivity contribution in [2.24, 2.45) is 40.4 Å². The van der Waals surface area contributed by atoms with E-state index < -0.39 is 0 Å². The summed E-state index contributed by atoms with van der Waals surface area (Å²) in [4.78, 5) is 25.4. The van der Waals surface area contributed by atoms with E-state index in [0.29, 0.717) is 41.8 Å². The lowest BCUT2D eigenvalue weighted by molar-refractivity contribution is -0.133. The lowest BCUT2D eigenvalue weighted by Crippen LogP contribution is -2.52. The molecule has 3 fully saturated rings. The van der Waals surface area contributed by atoms with Crippen molar-refractivity contribution in [1.29, 1.82) is 0 Å². The zero-order valence-corrected chi connectivity index (χ0v) is 18.9. The van der Waals surface area contributed by atoms with E-state index in [2.05, 4.69) is 27.7 Å². The third-order valence-corrected chi connectivity index (χ3v) is 9.86. The highest BCUT2D eigenvalue weighted by Gasteiger charge is 2.62. The molecule has 162 valence electrons. The SMILES string of the molecule is CCCCCC(C)[C@H]1CC(=O)[C@@]2(C)CC[C@H]3[C@@H](CCC4=C(O)C(=O)CC[C@@]43C)[C@H]12. The summed E-state index contributed by atoms with van der Waals surface area (Å²) >= 11 is 0. The van der Waals surface area contributed by atoms with Gasteiger partial charge in [0.25, 0.3) is 0 Å². The molecule has 3 saturated carbocycles. The van der Waals surface area contributed by atoms with Crippen LogP contribution in [0.1, 0.15) is 98.3 Å². The first kappa shape index (κ1) is 21.1. The predicted octanol–water partition coefficient (Wildman–Crippen LogP) is 6.42. The number of carbonyl (C=O) groups excluding carboxylic acids is 2. The molecule has 0 spiro atoms. The molecule has 0 radical (unpaired) electrons. The number of allylic oxidation sites excluding steroid dienone is 1. The minimum absolute atomic E-state index is 0.0517. The molecule has 0 bridgehead atoms. The maximum Gasteiger partial charge on any atom is 0.197 e. The summed E-state index contributed by atoms with van der Waals surface area (Å²) in [5.41, 5.74) is 0.842. The Bertz CT molecular complexity index is 721. The standard InChI is InChI=1S/C26H40O3/c1-5-6-7-8-16(2)18-15-22(28)26(4)13-11-19-17(23(18)26)9-10-20-24(29)21(27)12-14-25(19,20)3/h16-19,23,29H,5-15H2,1-4H3/t16?,17-,18-,19+,23-,25-,26-/m1/s1. The summed E-state index contributed by atoms with van der Waals surface area (Å²) in [6.45, 7) is 9.22. The zero-order chi connectivity index (χ0) is 21.0. The largest absolute Gasteiger partial charge is 0.504 e.